The molecule has 0 radical (unpaired) electrons. The van der Waals surface area contributed by atoms with Gasteiger partial charge in [0.2, 0.25) is 5.91 Å². The molecule has 3 nitrogen and oxygen atoms in total. The molecule has 1 fully saturated rings. The molecule has 1 atom stereocenters. The van der Waals surface area contributed by atoms with Gasteiger partial charge in [-0.3, -0.25) is 4.79 Å². The number of anilines is 1. The van der Waals surface area contributed by atoms with E-state index in [1.54, 1.807) is 0 Å². The van der Waals surface area contributed by atoms with Crippen molar-refractivity contribution in [1.82, 2.24) is 0 Å². The lowest BCUT2D eigenvalue weighted by atomic mass is 10.1. The van der Waals surface area contributed by atoms with E-state index in [0.29, 0.717) is 11.0 Å². The molecule has 1 heterocycles. The fourth-order valence-electron chi connectivity index (χ4n) is 1.95. The molecule has 6 heteroatoms. The zero-order chi connectivity index (χ0) is 12.6. The quantitative estimate of drug-likeness (QED) is 0.909. The van der Waals surface area contributed by atoms with E-state index in [-0.39, 0.29) is 30.5 Å². The summed E-state index contributed by atoms with van der Waals surface area (Å²) in [5.74, 6) is -1.82. The zero-order valence-corrected chi connectivity index (χ0v) is 10.5. The number of nitrogens with zero attached hydrogens (tertiary/aromatic N) is 1. The van der Waals surface area contributed by atoms with Crippen LogP contribution in [0.25, 0.3) is 0 Å². The van der Waals surface area contributed by atoms with E-state index in [4.69, 9.17) is 5.73 Å². The van der Waals surface area contributed by atoms with Gasteiger partial charge in [-0.05, 0) is 24.6 Å². The summed E-state index contributed by atoms with van der Waals surface area (Å²) in [6.45, 7) is 0.604. The van der Waals surface area contributed by atoms with Crippen LogP contribution in [0.5, 0.6) is 0 Å². The molecule has 1 saturated heterocycles. The van der Waals surface area contributed by atoms with E-state index in [1.165, 1.54) is 0 Å². The minimum atomic E-state index is -0.747. The van der Waals surface area contributed by atoms with Crippen molar-refractivity contribution >= 4 is 27.5 Å². The Bertz CT molecular complexity index is 444. The van der Waals surface area contributed by atoms with Crippen molar-refractivity contribution in [2.75, 3.05) is 18.0 Å². The van der Waals surface area contributed by atoms with E-state index in [2.05, 4.69) is 15.9 Å². The number of amides is 1. The van der Waals surface area contributed by atoms with Crippen LogP contribution in [0.15, 0.2) is 16.6 Å². The monoisotopic (exact) mass is 304 g/mol. The van der Waals surface area contributed by atoms with Gasteiger partial charge in [0.25, 0.3) is 0 Å². The van der Waals surface area contributed by atoms with Crippen LogP contribution in [0.2, 0.25) is 0 Å². The summed E-state index contributed by atoms with van der Waals surface area (Å²) in [6, 6.07) is 2.28. The van der Waals surface area contributed by atoms with Crippen LogP contribution in [-0.4, -0.2) is 19.0 Å². The Labute approximate surface area is 106 Å². The minimum absolute atomic E-state index is 0.0371. The molecule has 2 N–H and O–H groups in total. The summed E-state index contributed by atoms with van der Waals surface area (Å²) >= 11 is 2.99. The highest BCUT2D eigenvalue weighted by molar-refractivity contribution is 9.10. The van der Waals surface area contributed by atoms with Gasteiger partial charge in [0.1, 0.15) is 5.69 Å². The Morgan fingerprint density at radius 3 is 2.47 bits per heavy atom. The van der Waals surface area contributed by atoms with Crippen molar-refractivity contribution in [2.45, 2.75) is 6.42 Å². The van der Waals surface area contributed by atoms with Crippen molar-refractivity contribution in [3.63, 3.8) is 0 Å². The fraction of sp³-hybridized carbons (Fsp3) is 0.364. The molecule has 0 aliphatic carbocycles. The Morgan fingerprint density at radius 1 is 1.41 bits per heavy atom. The highest BCUT2D eigenvalue weighted by atomic mass is 79.9. The molecule has 0 bridgehead atoms. The molecular formula is C11H11BrF2N2O. The van der Waals surface area contributed by atoms with E-state index in [9.17, 15) is 13.6 Å². The SMILES string of the molecule is NCC1CC(=O)N(c2c(F)cc(Br)cc2F)C1. The summed E-state index contributed by atoms with van der Waals surface area (Å²) < 4.78 is 27.6. The number of rotatable bonds is 2. The molecular weight excluding hydrogens is 294 g/mol. The molecule has 1 amide bonds. The Hall–Kier alpha value is -1.01. The predicted molar refractivity (Wildman–Crippen MR) is 63.6 cm³/mol. The summed E-state index contributed by atoms with van der Waals surface area (Å²) in [4.78, 5) is 12.8. The van der Waals surface area contributed by atoms with Gasteiger partial charge in [-0.25, -0.2) is 8.78 Å². The molecule has 1 aromatic carbocycles. The largest absolute Gasteiger partial charge is 0.330 e. The maximum Gasteiger partial charge on any atom is 0.227 e. The smallest absolute Gasteiger partial charge is 0.227 e. The molecule has 2 rings (SSSR count). The highest BCUT2D eigenvalue weighted by Crippen LogP contribution is 2.31. The summed E-state index contributed by atoms with van der Waals surface area (Å²) in [5.41, 5.74) is 5.18. The third kappa shape index (κ3) is 2.32. The zero-order valence-electron chi connectivity index (χ0n) is 8.92. The van der Waals surface area contributed by atoms with E-state index >= 15 is 0 Å². The second-order valence-electron chi connectivity index (χ2n) is 4.03. The molecule has 1 aliphatic heterocycles. The van der Waals surface area contributed by atoms with E-state index in [0.717, 1.165) is 17.0 Å². The summed E-state index contributed by atoms with van der Waals surface area (Å²) in [7, 11) is 0. The van der Waals surface area contributed by atoms with Crippen LogP contribution in [-0.2, 0) is 4.79 Å². The third-order valence-corrected chi connectivity index (χ3v) is 3.25. The van der Waals surface area contributed by atoms with E-state index in [1.807, 2.05) is 0 Å². The lowest BCUT2D eigenvalue weighted by Gasteiger charge is -2.18. The number of benzene rings is 1. The molecule has 0 spiro atoms. The number of hydrogen-bond donors (Lipinski definition) is 1. The molecule has 1 aliphatic rings. The molecule has 17 heavy (non-hydrogen) atoms. The van der Waals surface area contributed by atoms with Crippen LogP contribution in [0.3, 0.4) is 0 Å². The summed E-state index contributed by atoms with van der Waals surface area (Å²) in [6.07, 6.45) is 0.242. The average Bonchev–Trinajstić information content (AvgIpc) is 2.59. The van der Waals surface area contributed by atoms with Crippen molar-refractivity contribution in [3.05, 3.63) is 28.2 Å². The van der Waals surface area contributed by atoms with Gasteiger partial charge in [0, 0.05) is 17.4 Å². The van der Waals surface area contributed by atoms with E-state index < -0.39 is 11.6 Å². The normalized spacial score (nSPS) is 20.1. The predicted octanol–water partition coefficient (Wildman–Crippen LogP) is 2.04. The van der Waals surface area contributed by atoms with Crippen LogP contribution in [0.1, 0.15) is 6.42 Å². The Morgan fingerprint density at radius 2 is 2.00 bits per heavy atom. The molecule has 0 saturated carbocycles. The number of carbonyl (C=O) groups is 1. The Kier molecular flexibility index (Phi) is 3.44. The first-order valence-corrected chi connectivity index (χ1v) is 5.97. The van der Waals surface area contributed by atoms with Gasteiger partial charge >= 0.3 is 0 Å². The van der Waals surface area contributed by atoms with Crippen LogP contribution < -0.4 is 10.6 Å². The number of hydrogen-bond acceptors (Lipinski definition) is 2. The second kappa shape index (κ2) is 4.70. The van der Waals surface area contributed by atoms with Crippen molar-refractivity contribution in [1.29, 1.82) is 0 Å². The second-order valence-corrected chi connectivity index (χ2v) is 4.94. The van der Waals surface area contributed by atoms with Crippen molar-refractivity contribution < 1.29 is 13.6 Å². The van der Waals surface area contributed by atoms with Gasteiger partial charge < -0.3 is 10.6 Å². The number of nitrogens with two attached hydrogens (primary N) is 1. The lowest BCUT2D eigenvalue weighted by Crippen LogP contribution is -2.27. The third-order valence-electron chi connectivity index (χ3n) is 2.79. The number of halogens is 3. The topological polar surface area (TPSA) is 46.3 Å². The van der Waals surface area contributed by atoms with Crippen LogP contribution in [0.4, 0.5) is 14.5 Å². The highest BCUT2D eigenvalue weighted by Gasteiger charge is 2.33. The van der Waals surface area contributed by atoms with Gasteiger partial charge in [-0.1, -0.05) is 15.9 Å². The lowest BCUT2D eigenvalue weighted by molar-refractivity contribution is -0.117. The van der Waals surface area contributed by atoms with Crippen LogP contribution in [0, 0.1) is 17.6 Å². The average molecular weight is 305 g/mol. The maximum absolute atomic E-state index is 13.7. The van der Waals surface area contributed by atoms with Crippen molar-refractivity contribution in [3.8, 4) is 0 Å². The van der Waals surface area contributed by atoms with Gasteiger partial charge in [0.05, 0.1) is 0 Å². The maximum atomic E-state index is 13.7. The summed E-state index contributed by atoms with van der Waals surface area (Å²) in [5, 5.41) is 0. The first kappa shape index (κ1) is 12.4. The molecule has 92 valence electrons. The Balaban J connectivity index is 2.38. The molecule has 0 aromatic heterocycles. The van der Waals surface area contributed by atoms with Crippen molar-refractivity contribution in [2.24, 2.45) is 11.7 Å². The van der Waals surface area contributed by atoms with Gasteiger partial charge in [-0.2, -0.15) is 0 Å². The first-order chi connectivity index (χ1) is 8.02. The minimum Gasteiger partial charge on any atom is -0.330 e. The van der Waals surface area contributed by atoms with Gasteiger partial charge in [0.15, 0.2) is 11.6 Å². The fourth-order valence-corrected chi connectivity index (χ4v) is 2.35. The first-order valence-electron chi connectivity index (χ1n) is 5.18. The number of carbonyl (C=O) groups excluding carboxylic acids is 1. The molecule has 1 unspecified atom stereocenters. The van der Waals surface area contributed by atoms with Crippen LogP contribution >= 0.6 is 15.9 Å². The van der Waals surface area contributed by atoms with Gasteiger partial charge in [-0.15, -0.1) is 0 Å². The molecule has 1 aromatic rings. The standard InChI is InChI=1S/C11H11BrF2N2O/c12-7-2-8(13)11(9(14)3-7)16-5-6(4-15)1-10(16)17/h2-3,6H,1,4-5,15H2.